The van der Waals surface area contributed by atoms with Crippen molar-refractivity contribution in [1.29, 1.82) is 0 Å². The standard InChI is InChI=1S/C15H17N3O/c19-15(18-6-5-11-8-16-9-14(11)18)13-7-10-3-1-2-4-12(10)17-13/h1-4,7,11,14,16-17H,5-6,8-9H2/t11-,14+/m0/s1. The van der Waals surface area contributed by atoms with E-state index in [-0.39, 0.29) is 5.91 Å². The van der Waals surface area contributed by atoms with Gasteiger partial charge in [0.25, 0.3) is 5.91 Å². The molecule has 4 rings (SSSR count). The van der Waals surface area contributed by atoms with Crippen LogP contribution in [-0.4, -0.2) is 41.5 Å². The molecule has 2 N–H and O–H groups in total. The van der Waals surface area contributed by atoms with Gasteiger partial charge in [-0.15, -0.1) is 0 Å². The van der Waals surface area contributed by atoms with Gasteiger partial charge in [0, 0.05) is 36.6 Å². The Balaban J connectivity index is 1.66. The van der Waals surface area contributed by atoms with E-state index in [2.05, 4.69) is 10.3 Å². The van der Waals surface area contributed by atoms with E-state index in [1.165, 1.54) is 0 Å². The Labute approximate surface area is 111 Å². The smallest absolute Gasteiger partial charge is 0.270 e. The fraction of sp³-hybridized carbons (Fsp3) is 0.400. The highest BCUT2D eigenvalue weighted by Gasteiger charge is 2.40. The van der Waals surface area contributed by atoms with Crippen molar-refractivity contribution >= 4 is 16.8 Å². The third kappa shape index (κ3) is 1.67. The van der Waals surface area contributed by atoms with Crippen LogP contribution in [0.4, 0.5) is 0 Å². The second kappa shape index (κ2) is 4.10. The Bertz CT molecular complexity index is 600. The minimum atomic E-state index is 0.146. The maximum absolute atomic E-state index is 12.6. The normalized spacial score (nSPS) is 26.0. The first kappa shape index (κ1) is 11.1. The van der Waals surface area contributed by atoms with E-state index in [1.54, 1.807) is 0 Å². The molecule has 3 heterocycles. The SMILES string of the molecule is O=C(c1cc2ccccc2[nH]1)N1CC[C@H]2CNC[C@H]21. The van der Waals surface area contributed by atoms with Gasteiger partial charge in [-0.05, 0) is 24.5 Å². The highest BCUT2D eigenvalue weighted by molar-refractivity contribution is 5.98. The summed E-state index contributed by atoms with van der Waals surface area (Å²) in [6.07, 6.45) is 1.13. The van der Waals surface area contributed by atoms with E-state index in [9.17, 15) is 4.79 Å². The maximum Gasteiger partial charge on any atom is 0.270 e. The molecule has 0 radical (unpaired) electrons. The molecule has 1 aromatic carbocycles. The lowest BCUT2D eigenvalue weighted by Gasteiger charge is -2.22. The van der Waals surface area contributed by atoms with Crippen LogP contribution in [0.25, 0.3) is 10.9 Å². The van der Waals surface area contributed by atoms with Crippen LogP contribution in [0.3, 0.4) is 0 Å². The van der Waals surface area contributed by atoms with E-state index in [4.69, 9.17) is 0 Å². The van der Waals surface area contributed by atoms with Crippen LogP contribution >= 0.6 is 0 Å². The predicted octanol–water partition coefficient (Wildman–Crippen LogP) is 1.60. The molecule has 2 aliphatic rings. The van der Waals surface area contributed by atoms with Crippen molar-refractivity contribution in [2.45, 2.75) is 12.5 Å². The molecule has 2 aliphatic heterocycles. The number of benzene rings is 1. The van der Waals surface area contributed by atoms with Crippen molar-refractivity contribution in [1.82, 2.24) is 15.2 Å². The summed E-state index contributed by atoms with van der Waals surface area (Å²) < 4.78 is 0. The summed E-state index contributed by atoms with van der Waals surface area (Å²) >= 11 is 0. The molecule has 19 heavy (non-hydrogen) atoms. The number of nitrogens with one attached hydrogen (secondary N) is 2. The third-order valence-electron chi connectivity index (χ3n) is 4.47. The summed E-state index contributed by atoms with van der Waals surface area (Å²) in [5.41, 5.74) is 1.75. The van der Waals surface area contributed by atoms with Crippen molar-refractivity contribution in [3.8, 4) is 0 Å². The zero-order valence-electron chi connectivity index (χ0n) is 10.7. The predicted molar refractivity (Wildman–Crippen MR) is 74.1 cm³/mol. The molecule has 1 aromatic heterocycles. The van der Waals surface area contributed by atoms with Gasteiger partial charge in [0.2, 0.25) is 0 Å². The monoisotopic (exact) mass is 255 g/mol. The van der Waals surface area contributed by atoms with Crippen LogP contribution in [0.5, 0.6) is 0 Å². The van der Waals surface area contributed by atoms with Gasteiger partial charge in [-0.1, -0.05) is 18.2 Å². The van der Waals surface area contributed by atoms with Crippen molar-refractivity contribution < 1.29 is 4.79 Å². The molecule has 0 aliphatic carbocycles. The van der Waals surface area contributed by atoms with Gasteiger partial charge in [0.05, 0.1) is 0 Å². The first-order chi connectivity index (χ1) is 9.33. The number of aromatic amines is 1. The average molecular weight is 255 g/mol. The van der Waals surface area contributed by atoms with E-state index in [1.807, 2.05) is 35.2 Å². The van der Waals surface area contributed by atoms with Gasteiger partial charge in [0.15, 0.2) is 0 Å². The molecule has 0 bridgehead atoms. The number of fused-ring (bicyclic) bond motifs is 2. The molecular formula is C15H17N3O. The number of nitrogens with zero attached hydrogens (tertiary/aromatic N) is 1. The average Bonchev–Trinajstić information content (AvgIpc) is 3.12. The second-order valence-electron chi connectivity index (χ2n) is 5.54. The lowest BCUT2D eigenvalue weighted by atomic mass is 10.1. The fourth-order valence-corrected chi connectivity index (χ4v) is 3.44. The molecule has 98 valence electrons. The number of H-pyrrole nitrogens is 1. The van der Waals surface area contributed by atoms with Crippen molar-refractivity contribution in [2.24, 2.45) is 5.92 Å². The molecule has 2 fully saturated rings. The first-order valence-corrected chi connectivity index (χ1v) is 6.92. The minimum absolute atomic E-state index is 0.146. The van der Waals surface area contributed by atoms with Gasteiger partial charge in [-0.2, -0.15) is 0 Å². The Hall–Kier alpha value is -1.81. The highest BCUT2D eigenvalue weighted by Crippen LogP contribution is 2.29. The summed E-state index contributed by atoms with van der Waals surface area (Å²) in [5, 5.41) is 4.49. The van der Waals surface area contributed by atoms with Gasteiger partial charge in [-0.3, -0.25) is 4.79 Å². The van der Waals surface area contributed by atoms with E-state index < -0.39 is 0 Å². The van der Waals surface area contributed by atoms with Crippen LogP contribution in [-0.2, 0) is 0 Å². The van der Waals surface area contributed by atoms with E-state index >= 15 is 0 Å². The van der Waals surface area contributed by atoms with Gasteiger partial charge < -0.3 is 15.2 Å². The number of hydrogen-bond donors (Lipinski definition) is 2. The fourth-order valence-electron chi connectivity index (χ4n) is 3.44. The Kier molecular flexibility index (Phi) is 2.38. The number of aromatic nitrogens is 1. The summed E-state index contributed by atoms with van der Waals surface area (Å²) in [6, 6.07) is 10.4. The van der Waals surface area contributed by atoms with Crippen LogP contribution < -0.4 is 5.32 Å². The van der Waals surface area contributed by atoms with Crippen molar-refractivity contribution in [3.05, 3.63) is 36.0 Å². The molecular weight excluding hydrogens is 238 g/mol. The maximum atomic E-state index is 12.6. The summed E-state index contributed by atoms with van der Waals surface area (Å²) in [5.74, 6) is 0.792. The van der Waals surface area contributed by atoms with Gasteiger partial charge >= 0.3 is 0 Å². The quantitative estimate of drug-likeness (QED) is 0.813. The number of carbonyl (C=O) groups excluding carboxylic acids is 1. The number of para-hydroxylation sites is 1. The molecule has 0 spiro atoms. The molecule has 0 saturated carbocycles. The molecule has 2 saturated heterocycles. The largest absolute Gasteiger partial charge is 0.351 e. The van der Waals surface area contributed by atoms with Gasteiger partial charge in [0.1, 0.15) is 5.69 Å². The lowest BCUT2D eigenvalue weighted by Crippen LogP contribution is -2.39. The van der Waals surface area contributed by atoms with Crippen molar-refractivity contribution in [2.75, 3.05) is 19.6 Å². The number of amides is 1. The molecule has 4 heteroatoms. The van der Waals surface area contributed by atoms with Crippen LogP contribution in [0.15, 0.2) is 30.3 Å². The molecule has 1 amide bonds. The molecule has 4 nitrogen and oxygen atoms in total. The van der Waals surface area contributed by atoms with E-state index in [0.717, 1.165) is 37.0 Å². The zero-order chi connectivity index (χ0) is 12.8. The molecule has 0 unspecified atom stereocenters. The number of hydrogen-bond acceptors (Lipinski definition) is 2. The van der Waals surface area contributed by atoms with Crippen LogP contribution in [0.1, 0.15) is 16.9 Å². The van der Waals surface area contributed by atoms with E-state index in [0.29, 0.717) is 17.7 Å². The Morgan fingerprint density at radius 1 is 1.26 bits per heavy atom. The van der Waals surface area contributed by atoms with Gasteiger partial charge in [-0.25, -0.2) is 0 Å². The zero-order valence-corrected chi connectivity index (χ0v) is 10.7. The number of carbonyl (C=O) groups is 1. The topological polar surface area (TPSA) is 48.1 Å². The Morgan fingerprint density at radius 3 is 3.05 bits per heavy atom. The molecule has 2 aromatic rings. The summed E-state index contributed by atoms with van der Waals surface area (Å²) in [4.78, 5) is 17.9. The summed E-state index contributed by atoms with van der Waals surface area (Å²) in [6.45, 7) is 2.89. The second-order valence-corrected chi connectivity index (χ2v) is 5.54. The lowest BCUT2D eigenvalue weighted by molar-refractivity contribution is 0.0732. The number of rotatable bonds is 1. The summed E-state index contributed by atoms with van der Waals surface area (Å²) in [7, 11) is 0. The Morgan fingerprint density at radius 2 is 2.16 bits per heavy atom. The van der Waals surface area contributed by atoms with Crippen molar-refractivity contribution in [3.63, 3.8) is 0 Å². The first-order valence-electron chi connectivity index (χ1n) is 6.92. The minimum Gasteiger partial charge on any atom is -0.351 e. The van der Waals surface area contributed by atoms with Crippen LogP contribution in [0, 0.1) is 5.92 Å². The van der Waals surface area contributed by atoms with Crippen LogP contribution in [0.2, 0.25) is 0 Å². The number of likely N-dealkylation sites (tertiary alicyclic amines) is 1. The highest BCUT2D eigenvalue weighted by atomic mass is 16.2. The third-order valence-corrected chi connectivity index (χ3v) is 4.47. The molecule has 2 atom stereocenters.